The fourth-order valence-corrected chi connectivity index (χ4v) is 1.91. The Kier molecular flexibility index (Phi) is 3.37. The molecule has 0 bridgehead atoms. The second-order valence-corrected chi connectivity index (χ2v) is 4.23. The molecule has 0 saturated heterocycles. The first kappa shape index (κ1) is 12.3. The highest BCUT2D eigenvalue weighted by Gasteiger charge is 2.07. The topological polar surface area (TPSA) is 30.7 Å². The summed E-state index contributed by atoms with van der Waals surface area (Å²) in [6, 6.07) is 16.3. The summed E-state index contributed by atoms with van der Waals surface area (Å²) in [5.74, 6) is 0.256. The average Bonchev–Trinajstić information content (AvgIpc) is 2.95. The third-order valence-corrected chi connectivity index (χ3v) is 2.88. The molecule has 4 heteroatoms. The largest absolute Gasteiger partial charge is 0.215 e. The van der Waals surface area contributed by atoms with Gasteiger partial charge in [0.25, 0.3) is 0 Å². The van der Waals surface area contributed by atoms with Gasteiger partial charge in [-0.15, -0.1) is 0 Å². The van der Waals surface area contributed by atoms with E-state index in [1.165, 1.54) is 17.1 Å². The Morgan fingerprint density at radius 2 is 1.65 bits per heavy atom. The van der Waals surface area contributed by atoms with E-state index in [1.54, 1.807) is 18.2 Å². The molecular formula is C16H12FN3. The van der Waals surface area contributed by atoms with Gasteiger partial charge in [0.1, 0.15) is 17.8 Å². The number of hydrogen-bond donors (Lipinski definition) is 0. The zero-order valence-corrected chi connectivity index (χ0v) is 10.6. The second-order valence-electron chi connectivity index (χ2n) is 4.23. The highest BCUT2D eigenvalue weighted by molar-refractivity contribution is 5.67. The van der Waals surface area contributed by atoms with E-state index in [0.717, 1.165) is 5.56 Å². The van der Waals surface area contributed by atoms with E-state index in [2.05, 4.69) is 10.1 Å². The summed E-state index contributed by atoms with van der Waals surface area (Å²) in [7, 11) is 0. The third kappa shape index (κ3) is 2.49. The van der Waals surface area contributed by atoms with Crippen molar-refractivity contribution in [2.75, 3.05) is 0 Å². The Hall–Kier alpha value is -2.75. The molecular weight excluding hydrogens is 253 g/mol. The fourth-order valence-electron chi connectivity index (χ4n) is 1.91. The van der Waals surface area contributed by atoms with Crippen LogP contribution in [0.15, 0.2) is 60.9 Å². The maximum Gasteiger partial charge on any atom is 0.156 e. The van der Waals surface area contributed by atoms with Crippen molar-refractivity contribution in [1.29, 1.82) is 0 Å². The molecule has 2 aromatic carbocycles. The summed E-state index contributed by atoms with van der Waals surface area (Å²) in [5.41, 5.74) is 1.44. The Labute approximate surface area is 116 Å². The molecule has 1 aromatic heterocycles. The molecule has 0 aliphatic carbocycles. The van der Waals surface area contributed by atoms with Crippen LogP contribution in [0.25, 0.3) is 17.8 Å². The number of hydrogen-bond acceptors (Lipinski definition) is 2. The second kappa shape index (κ2) is 5.48. The summed E-state index contributed by atoms with van der Waals surface area (Å²) in [6.45, 7) is 0. The minimum atomic E-state index is -0.327. The Balaban J connectivity index is 1.96. The Bertz CT molecular complexity index is 732. The normalized spacial score (nSPS) is 11.1. The summed E-state index contributed by atoms with van der Waals surface area (Å²) in [5, 5.41) is 4.07. The van der Waals surface area contributed by atoms with E-state index in [9.17, 15) is 4.39 Å². The molecule has 0 radical (unpaired) electrons. The number of rotatable bonds is 3. The summed E-state index contributed by atoms with van der Waals surface area (Å²) >= 11 is 0. The highest BCUT2D eigenvalue weighted by atomic mass is 19.1. The number of aromatic nitrogens is 3. The van der Waals surface area contributed by atoms with Crippen molar-refractivity contribution in [3.63, 3.8) is 0 Å². The van der Waals surface area contributed by atoms with Gasteiger partial charge in [-0.1, -0.05) is 48.5 Å². The molecule has 20 heavy (non-hydrogen) atoms. The lowest BCUT2D eigenvalue weighted by molar-refractivity contribution is 0.610. The molecule has 0 aliphatic heterocycles. The summed E-state index contributed by atoms with van der Waals surface area (Å²) in [6.07, 6.45) is 5.15. The maximum atomic E-state index is 13.8. The van der Waals surface area contributed by atoms with Gasteiger partial charge < -0.3 is 0 Å². The van der Waals surface area contributed by atoms with E-state index in [-0.39, 0.29) is 5.82 Å². The average molecular weight is 265 g/mol. The van der Waals surface area contributed by atoms with Crippen LogP contribution >= 0.6 is 0 Å². The van der Waals surface area contributed by atoms with Crippen molar-refractivity contribution in [3.05, 3.63) is 78.1 Å². The number of nitrogens with zero attached hydrogens (tertiary/aromatic N) is 3. The quantitative estimate of drug-likeness (QED) is 0.724. The lowest BCUT2D eigenvalue weighted by Crippen LogP contribution is -2.01. The highest BCUT2D eigenvalue weighted by Crippen LogP contribution is 2.14. The molecule has 3 aromatic rings. The Morgan fingerprint density at radius 1 is 0.900 bits per heavy atom. The van der Waals surface area contributed by atoms with Crippen LogP contribution in [-0.4, -0.2) is 14.8 Å². The monoisotopic (exact) mass is 265 g/mol. The third-order valence-electron chi connectivity index (χ3n) is 2.88. The predicted octanol–water partition coefficient (Wildman–Crippen LogP) is 3.58. The van der Waals surface area contributed by atoms with Gasteiger partial charge in [-0.3, -0.25) is 0 Å². The summed E-state index contributed by atoms with van der Waals surface area (Å²) in [4.78, 5) is 4.15. The van der Waals surface area contributed by atoms with Crippen LogP contribution in [0.2, 0.25) is 0 Å². The van der Waals surface area contributed by atoms with Crippen LogP contribution in [-0.2, 0) is 0 Å². The molecule has 0 aliphatic rings. The van der Waals surface area contributed by atoms with E-state index in [4.69, 9.17) is 0 Å². The first-order valence-electron chi connectivity index (χ1n) is 6.22. The molecule has 3 nitrogen and oxygen atoms in total. The van der Waals surface area contributed by atoms with Crippen LogP contribution in [0.1, 0.15) is 11.4 Å². The van der Waals surface area contributed by atoms with Gasteiger partial charge in [-0.05, 0) is 23.8 Å². The van der Waals surface area contributed by atoms with Crippen molar-refractivity contribution in [1.82, 2.24) is 14.8 Å². The fraction of sp³-hybridized carbons (Fsp3) is 0. The van der Waals surface area contributed by atoms with Crippen molar-refractivity contribution in [2.24, 2.45) is 0 Å². The lowest BCUT2D eigenvalue weighted by Gasteiger charge is -2.04. The van der Waals surface area contributed by atoms with Gasteiger partial charge in [0.2, 0.25) is 0 Å². The van der Waals surface area contributed by atoms with Gasteiger partial charge in [0.05, 0.1) is 0 Å². The molecule has 0 fully saturated rings. The van der Waals surface area contributed by atoms with E-state index < -0.39 is 0 Å². The van der Waals surface area contributed by atoms with Crippen molar-refractivity contribution in [3.8, 4) is 5.69 Å². The van der Waals surface area contributed by atoms with Crippen LogP contribution < -0.4 is 0 Å². The van der Waals surface area contributed by atoms with Crippen molar-refractivity contribution < 1.29 is 4.39 Å². The van der Waals surface area contributed by atoms with Gasteiger partial charge in [0.15, 0.2) is 5.82 Å². The number of halogens is 1. The molecule has 0 saturated carbocycles. The first-order valence-corrected chi connectivity index (χ1v) is 6.22. The van der Waals surface area contributed by atoms with E-state index in [1.807, 2.05) is 42.5 Å². The van der Waals surface area contributed by atoms with Crippen LogP contribution in [0.4, 0.5) is 4.39 Å². The Morgan fingerprint density at radius 3 is 2.45 bits per heavy atom. The van der Waals surface area contributed by atoms with Crippen LogP contribution in [0.5, 0.6) is 0 Å². The smallest absolute Gasteiger partial charge is 0.156 e. The molecule has 3 rings (SSSR count). The zero-order valence-electron chi connectivity index (χ0n) is 10.6. The van der Waals surface area contributed by atoms with Gasteiger partial charge >= 0.3 is 0 Å². The minimum absolute atomic E-state index is 0.327. The zero-order chi connectivity index (χ0) is 13.8. The van der Waals surface area contributed by atoms with Gasteiger partial charge in [-0.2, -0.15) is 5.10 Å². The number of para-hydroxylation sites is 1. The standard InChI is InChI=1S/C16H12FN3/c17-14-8-4-5-9-15(14)20-16(18-12-19-20)11-10-13-6-2-1-3-7-13/h1-12H. The van der Waals surface area contributed by atoms with Crippen LogP contribution in [0, 0.1) is 5.82 Å². The van der Waals surface area contributed by atoms with Gasteiger partial charge in [0, 0.05) is 0 Å². The molecule has 0 atom stereocenters. The predicted molar refractivity (Wildman–Crippen MR) is 76.7 cm³/mol. The molecule has 0 N–H and O–H groups in total. The lowest BCUT2D eigenvalue weighted by atomic mass is 10.2. The van der Waals surface area contributed by atoms with Crippen LogP contribution in [0.3, 0.4) is 0 Å². The van der Waals surface area contributed by atoms with E-state index in [0.29, 0.717) is 11.5 Å². The first-order chi connectivity index (χ1) is 9.84. The molecule has 98 valence electrons. The SMILES string of the molecule is Fc1ccccc1-n1ncnc1C=Cc1ccccc1. The molecule has 0 unspecified atom stereocenters. The molecule has 0 amide bonds. The van der Waals surface area contributed by atoms with Crippen molar-refractivity contribution in [2.45, 2.75) is 0 Å². The maximum absolute atomic E-state index is 13.8. The molecule has 1 heterocycles. The van der Waals surface area contributed by atoms with E-state index >= 15 is 0 Å². The van der Waals surface area contributed by atoms with Crippen molar-refractivity contribution >= 4 is 12.2 Å². The minimum Gasteiger partial charge on any atom is -0.215 e. The summed E-state index contributed by atoms with van der Waals surface area (Å²) < 4.78 is 15.3. The van der Waals surface area contributed by atoms with Gasteiger partial charge in [-0.25, -0.2) is 14.1 Å². The molecule has 0 spiro atoms. The number of benzene rings is 2.